The van der Waals surface area contributed by atoms with Gasteiger partial charge in [-0.25, -0.2) is 4.39 Å². The summed E-state index contributed by atoms with van der Waals surface area (Å²) in [4.78, 5) is 25.0. The van der Waals surface area contributed by atoms with Crippen LogP contribution in [0.2, 0.25) is 0 Å². The molecule has 1 aromatic rings. The molecule has 116 valence electrons. The maximum absolute atomic E-state index is 13.0. The largest absolute Gasteiger partial charge is 0.480 e. The van der Waals surface area contributed by atoms with Gasteiger partial charge in [-0.15, -0.1) is 0 Å². The van der Waals surface area contributed by atoms with E-state index in [1.165, 1.54) is 23.1 Å². The fourth-order valence-corrected chi connectivity index (χ4v) is 2.04. The minimum Gasteiger partial charge on any atom is -0.480 e. The monoisotopic (exact) mass is 360 g/mol. The lowest BCUT2D eigenvalue weighted by atomic mass is 10.2. The summed E-state index contributed by atoms with van der Waals surface area (Å²) in [7, 11) is 3.22. The molecular formula is C14H18BrFN2O3. The van der Waals surface area contributed by atoms with E-state index in [9.17, 15) is 14.0 Å². The van der Waals surface area contributed by atoms with Crippen molar-refractivity contribution in [1.29, 1.82) is 0 Å². The standard InChI is InChI=1S/C14H18BrFN2O3/c1-8(14(20)18(3)4)17-13(19)9(2)21-12-6-5-10(16)7-11(12)15/h5-9H,1-4H3,(H,17,19)/t8-,9+/m0/s1. The molecule has 0 spiro atoms. The van der Waals surface area contributed by atoms with E-state index in [1.807, 2.05) is 0 Å². The second-order valence-corrected chi connectivity index (χ2v) is 5.65. The Morgan fingerprint density at radius 1 is 1.33 bits per heavy atom. The molecule has 5 nitrogen and oxygen atoms in total. The highest BCUT2D eigenvalue weighted by molar-refractivity contribution is 9.10. The van der Waals surface area contributed by atoms with Crippen LogP contribution in [0.3, 0.4) is 0 Å². The number of carbonyl (C=O) groups is 2. The van der Waals surface area contributed by atoms with Crippen molar-refractivity contribution in [2.24, 2.45) is 0 Å². The first-order valence-corrected chi connectivity index (χ1v) is 7.15. The van der Waals surface area contributed by atoms with E-state index in [4.69, 9.17) is 4.74 Å². The number of benzene rings is 1. The lowest BCUT2D eigenvalue weighted by molar-refractivity contribution is -0.136. The van der Waals surface area contributed by atoms with Crippen LogP contribution < -0.4 is 10.1 Å². The molecule has 2 amide bonds. The molecule has 0 saturated heterocycles. The number of hydrogen-bond donors (Lipinski definition) is 1. The van der Waals surface area contributed by atoms with Gasteiger partial charge in [-0.2, -0.15) is 0 Å². The van der Waals surface area contributed by atoms with Crippen LogP contribution >= 0.6 is 15.9 Å². The molecule has 0 aliphatic heterocycles. The number of nitrogens with zero attached hydrogens (tertiary/aromatic N) is 1. The third-order valence-corrected chi connectivity index (χ3v) is 3.36. The molecule has 2 atom stereocenters. The highest BCUT2D eigenvalue weighted by Crippen LogP contribution is 2.26. The van der Waals surface area contributed by atoms with Crippen LogP contribution in [0, 0.1) is 5.82 Å². The van der Waals surface area contributed by atoms with Gasteiger partial charge >= 0.3 is 0 Å². The van der Waals surface area contributed by atoms with Crippen molar-refractivity contribution in [3.63, 3.8) is 0 Å². The van der Waals surface area contributed by atoms with E-state index in [0.717, 1.165) is 0 Å². The number of carbonyl (C=O) groups excluding carboxylic acids is 2. The normalized spacial score (nSPS) is 13.2. The number of rotatable bonds is 5. The topological polar surface area (TPSA) is 58.6 Å². The number of likely N-dealkylation sites (N-methyl/N-ethyl adjacent to an activating group) is 1. The van der Waals surface area contributed by atoms with Gasteiger partial charge in [0.25, 0.3) is 5.91 Å². The Bertz CT molecular complexity index is 537. The zero-order chi connectivity index (χ0) is 16.2. The van der Waals surface area contributed by atoms with Gasteiger partial charge in [0.15, 0.2) is 6.10 Å². The second kappa shape index (κ2) is 7.40. The van der Waals surface area contributed by atoms with Crippen molar-refractivity contribution in [2.75, 3.05) is 14.1 Å². The van der Waals surface area contributed by atoms with Crippen molar-refractivity contribution in [3.8, 4) is 5.75 Å². The van der Waals surface area contributed by atoms with Crippen LogP contribution in [-0.2, 0) is 9.59 Å². The molecule has 0 aliphatic carbocycles. The molecule has 1 N–H and O–H groups in total. The maximum atomic E-state index is 13.0. The van der Waals surface area contributed by atoms with E-state index in [2.05, 4.69) is 21.2 Å². The van der Waals surface area contributed by atoms with Crippen LogP contribution in [0.5, 0.6) is 5.75 Å². The fourth-order valence-electron chi connectivity index (χ4n) is 1.59. The Morgan fingerprint density at radius 3 is 2.48 bits per heavy atom. The summed E-state index contributed by atoms with van der Waals surface area (Å²) in [5.41, 5.74) is 0. The van der Waals surface area contributed by atoms with Gasteiger partial charge in [0, 0.05) is 14.1 Å². The van der Waals surface area contributed by atoms with Crippen LogP contribution in [0.4, 0.5) is 4.39 Å². The number of amides is 2. The summed E-state index contributed by atoms with van der Waals surface area (Å²) >= 11 is 3.16. The second-order valence-electron chi connectivity index (χ2n) is 4.80. The Balaban J connectivity index is 2.64. The molecule has 1 rings (SSSR count). The molecule has 0 unspecified atom stereocenters. The first-order chi connectivity index (χ1) is 9.72. The van der Waals surface area contributed by atoms with Crippen LogP contribution in [-0.4, -0.2) is 43.0 Å². The van der Waals surface area contributed by atoms with Crippen molar-refractivity contribution < 1.29 is 18.7 Å². The van der Waals surface area contributed by atoms with Crippen molar-refractivity contribution in [1.82, 2.24) is 10.2 Å². The summed E-state index contributed by atoms with van der Waals surface area (Å²) in [5, 5.41) is 2.57. The zero-order valence-corrected chi connectivity index (χ0v) is 13.9. The summed E-state index contributed by atoms with van der Waals surface area (Å²) in [5.74, 6) is -0.686. The van der Waals surface area contributed by atoms with Gasteiger partial charge in [-0.3, -0.25) is 9.59 Å². The molecule has 0 radical (unpaired) electrons. The lowest BCUT2D eigenvalue weighted by Crippen LogP contribution is -2.48. The molecule has 0 fully saturated rings. The molecule has 7 heteroatoms. The average Bonchev–Trinajstić information content (AvgIpc) is 2.40. The molecule has 0 heterocycles. The smallest absolute Gasteiger partial charge is 0.261 e. The number of halogens is 2. The number of nitrogens with one attached hydrogen (secondary N) is 1. The van der Waals surface area contributed by atoms with Crippen LogP contribution in [0.25, 0.3) is 0 Å². The first kappa shape index (κ1) is 17.4. The van der Waals surface area contributed by atoms with Gasteiger partial charge in [0.05, 0.1) is 4.47 Å². The molecule has 21 heavy (non-hydrogen) atoms. The van der Waals surface area contributed by atoms with Gasteiger partial charge in [0.1, 0.15) is 17.6 Å². The average molecular weight is 361 g/mol. The highest BCUT2D eigenvalue weighted by atomic mass is 79.9. The first-order valence-electron chi connectivity index (χ1n) is 6.35. The maximum Gasteiger partial charge on any atom is 0.261 e. The van der Waals surface area contributed by atoms with E-state index in [-0.39, 0.29) is 5.91 Å². The summed E-state index contributed by atoms with van der Waals surface area (Å²) < 4.78 is 18.8. The quantitative estimate of drug-likeness (QED) is 0.872. The molecular weight excluding hydrogens is 343 g/mol. The van der Waals surface area contributed by atoms with Crippen molar-refractivity contribution in [2.45, 2.75) is 26.0 Å². The Morgan fingerprint density at radius 2 is 1.95 bits per heavy atom. The molecule has 1 aromatic carbocycles. The van der Waals surface area contributed by atoms with Crippen LogP contribution in [0.1, 0.15) is 13.8 Å². The minimum atomic E-state index is -0.816. The van der Waals surface area contributed by atoms with E-state index >= 15 is 0 Å². The van der Waals surface area contributed by atoms with Gasteiger partial charge in [-0.05, 0) is 48.0 Å². The lowest BCUT2D eigenvalue weighted by Gasteiger charge is -2.21. The predicted octanol–water partition coefficient (Wildman–Crippen LogP) is 1.95. The molecule has 0 bridgehead atoms. The van der Waals surface area contributed by atoms with E-state index < -0.39 is 23.9 Å². The molecule has 0 saturated carbocycles. The SMILES string of the molecule is C[C@H](NC(=O)[C@@H](C)Oc1ccc(F)cc1Br)C(=O)N(C)C. The Hall–Kier alpha value is -1.63. The van der Waals surface area contributed by atoms with E-state index in [1.54, 1.807) is 27.9 Å². The summed E-state index contributed by atoms with van der Waals surface area (Å²) in [6.45, 7) is 3.15. The van der Waals surface area contributed by atoms with Gasteiger partial charge < -0.3 is 15.0 Å². The zero-order valence-electron chi connectivity index (χ0n) is 12.3. The molecule has 0 aliphatic rings. The van der Waals surface area contributed by atoms with Gasteiger partial charge in [0.2, 0.25) is 5.91 Å². The predicted molar refractivity (Wildman–Crippen MR) is 80.5 cm³/mol. The fraction of sp³-hybridized carbons (Fsp3) is 0.429. The van der Waals surface area contributed by atoms with Crippen molar-refractivity contribution >= 4 is 27.7 Å². The molecule has 0 aromatic heterocycles. The highest BCUT2D eigenvalue weighted by Gasteiger charge is 2.22. The van der Waals surface area contributed by atoms with Crippen LogP contribution in [0.15, 0.2) is 22.7 Å². The summed E-state index contributed by atoms with van der Waals surface area (Å²) in [6, 6.07) is 3.27. The number of ether oxygens (including phenoxy) is 1. The minimum absolute atomic E-state index is 0.210. The number of hydrogen-bond acceptors (Lipinski definition) is 3. The van der Waals surface area contributed by atoms with Gasteiger partial charge in [-0.1, -0.05) is 0 Å². The Labute approximate surface area is 131 Å². The van der Waals surface area contributed by atoms with E-state index in [0.29, 0.717) is 10.2 Å². The van der Waals surface area contributed by atoms with Crippen molar-refractivity contribution in [3.05, 3.63) is 28.5 Å². The third kappa shape index (κ3) is 5.00. The summed E-state index contributed by atoms with van der Waals surface area (Å²) in [6.07, 6.45) is -0.816. The Kier molecular flexibility index (Phi) is 6.14. The third-order valence-electron chi connectivity index (χ3n) is 2.74.